The largest absolute Gasteiger partial charge is 0.465 e. The van der Waals surface area contributed by atoms with Crippen molar-refractivity contribution in [2.75, 3.05) is 26.2 Å². The molecule has 0 saturated carbocycles. The van der Waals surface area contributed by atoms with Crippen LogP contribution in [0.4, 0.5) is 4.79 Å². The van der Waals surface area contributed by atoms with Crippen LogP contribution in [0.15, 0.2) is 18.2 Å². The summed E-state index contributed by atoms with van der Waals surface area (Å²) in [6.07, 6.45) is 2.89. The Bertz CT molecular complexity index is 996. The highest BCUT2D eigenvalue weighted by Gasteiger charge is 2.30. The summed E-state index contributed by atoms with van der Waals surface area (Å²) in [6, 6.07) is 5.30. The summed E-state index contributed by atoms with van der Waals surface area (Å²) in [4.78, 5) is 32.3. The molecule has 8 heteroatoms. The maximum Gasteiger partial charge on any atom is 0.407 e. The molecule has 2 amide bonds. The van der Waals surface area contributed by atoms with Crippen LogP contribution in [-0.2, 0) is 12.8 Å². The van der Waals surface area contributed by atoms with Gasteiger partial charge in [-0.25, -0.2) is 4.79 Å². The van der Waals surface area contributed by atoms with Crippen molar-refractivity contribution in [3.05, 3.63) is 40.0 Å². The number of carbonyl (C=O) groups excluding carboxylic acids is 1. The van der Waals surface area contributed by atoms with Crippen molar-refractivity contribution in [1.29, 1.82) is 0 Å². The molecule has 4 rings (SSSR count). The van der Waals surface area contributed by atoms with Gasteiger partial charge in [0.1, 0.15) is 0 Å². The summed E-state index contributed by atoms with van der Waals surface area (Å²) in [5, 5.41) is 10.8. The van der Waals surface area contributed by atoms with E-state index < -0.39 is 6.09 Å². The third-order valence-corrected chi connectivity index (χ3v) is 6.80. The molecule has 0 radical (unpaired) electrons. The van der Waals surface area contributed by atoms with Gasteiger partial charge in [0.25, 0.3) is 5.91 Å². The molecule has 2 heterocycles. The zero-order chi connectivity index (χ0) is 21.4. The van der Waals surface area contributed by atoms with Gasteiger partial charge < -0.3 is 20.6 Å². The Morgan fingerprint density at radius 1 is 1.33 bits per heavy atom. The van der Waals surface area contributed by atoms with Crippen LogP contribution >= 0.6 is 11.6 Å². The van der Waals surface area contributed by atoms with E-state index >= 15 is 0 Å². The molecule has 1 aromatic carbocycles. The van der Waals surface area contributed by atoms with Gasteiger partial charge in [-0.3, -0.25) is 9.78 Å². The lowest BCUT2D eigenvalue weighted by atomic mass is 9.84. The smallest absolute Gasteiger partial charge is 0.407 e. The fraction of sp³-hybridized carbons (Fsp3) is 0.500. The molecule has 1 saturated heterocycles. The highest BCUT2D eigenvalue weighted by atomic mass is 35.5. The molecule has 1 aliphatic heterocycles. The number of piperazine rings is 1. The lowest BCUT2D eigenvalue weighted by molar-refractivity contribution is 0.0484. The van der Waals surface area contributed by atoms with E-state index in [0.29, 0.717) is 37.7 Å². The number of rotatable bonds is 3. The Morgan fingerprint density at radius 3 is 2.83 bits per heavy atom. The molecule has 2 aromatic rings. The first-order chi connectivity index (χ1) is 14.4. The predicted octanol–water partition coefficient (Wildman–Crippen LogP) is 3.17. The Morgan fingerprint density at radius 2 is 2.13 bits per heavy atom. The number of carboxylic acid groups (broad SMARTS) is 1. The van der Waals surface area contributed by atoms with Crippen molar-refractivity contribution >= 4 is 34.5 Å². The molecule has 2 atom stereocenters. The molecule has 30 heavy (non-hydrogen) atoms. The maximum absolute atomic E-state index is 13.1. The average molecular weight is 431 g/mol. The number of halogens is 1. The SMILES string of the molecule is C[C@H]1CN(C(=O)O)CCN1C(=O)c1ccc2c(Cl)c3c(nc2c1)CC(CCN)CC3. The minimum absolute atomic E-state index is 0.105. The molecule has 0 bridgehead atoms. The quantitative estimate of drug-likeness (QED) is 0.779. The normalized spacial score (nSPS) is 21.6. The standard InChI is InChI=1S/C22H27ClN4O3/c1-13-12-26(22(29)30)8-9-27(13)21(28)15-3-5-17-19(11-15)25-18-10-14(6-7-24)2-4-16(18)20(17)23/h3,5,11,13-14H,2,4,6-10,12,24H2,1H3,(H,29,30)/t13-,14?/m0/s1. The van der Waals surface area contributed by atoms with E-state index in [9.17, 15) is 14.7 Å². The number of benzene rings is 1. The van der Waals surface area contributed by atoms with Gasteiger partial charge in [-0.15, -0.1) is 0 Å². The molecular weight excluding hydrogens is 404 g/mol. The number of hydrogen-bond acceptors (Lipinski definition) is 4. The highest BCUT2D eigenvalue weighted by molar-refractivity contribution is 6.36. The average Bonchev–Trinajstić information content (AvgIpc) is 2.73. The first-order valence-electron chi connectivity index (χ1n) is 10.5. The number of carbonyl (C=O) groups is 2. The molecule has 1 aliphatic carbocycles. The maximum atomic E-state index is 13.1. The van der Waals surface area contributed by atoms with Gasteiger partial charge in [-0.05, 0) is 62.8 Å². The zero-order valence-corrected chi connectivity index (χ0v) is 17.9. The first-order valence-corrected chi connectivity index (χ1v) is 10.9. The van der Waals surface area contributed by atoms with Gasteiger partial charge in [0.2, 0.25) is 0 Å². The highest BCUT2D eigenvalue weighted by Crippen LogP contribution is 2.35. The van der Waals surface area contributed by atoms with Crippen molar-refractivity contribution in [3.63, 3.8) is 0 Å². The van der Waals surface area contributed by atoms with Gasteiger partial charge in [-0.2, -0.15) is 0 Å². The molecule has 7 nitrogen and oxygen atoms in total. The van der Waals surface area contributed by atoms with Gasteiger partial charge in [0.15, 0.2) is 0 Å². The van der Waals surface area contributed by atoms with Crippen LogP contribution in [0.25, 0.3) is 10.9 Å². The Labute approximate surface area is 180 Å². The molecule has 1 unspecified atom stereocenters. The molecule has 0 spiro atoms. The summed E-state index contributed by atoms with van der Waals surface area (Å²) in [5.74, 6) is 0.422. The molecular formula is C22H27ClN4O3. The lowest BCUT2D eigenvalue weighted by Gasteiger charge is -2.38. The van der Waals surface area contributed by atoms with Gasteiger partial charge in [-0.1, -0.05) is 17.7 Å². The second-order valence-electron chi connectivity index (χ2n) is 8.35. The number of pyridine rings is 1. The fourth-order valence-electron chi connectivity index (χ4n) is 4.67. The summed E-state index contributed by atoms with van der Waals surface area (Å²) in [5.41, 5.74) is 9.16. The minimum Gasteiger partial charge on any atom is -0.465 e. The molecule has 3 N–H and O–H groups in total. The van der Waals surface area contributed by atoms with Crippen molar-refractivity contribution in [1.82, 2.24) is 14.8 Å². The summed E-state index contributed by atoms with van der Waals surface area (Å²) < 4.78 is 0. The number of nitrogens with two attached hydrogens (primary N) is 1. The number of amides is 2. The number of fused-ring (bicyclic) bond motifs is 2. The first kappa shape index (κ1) is 20.9. The predicted molar refractivity (Wildman–Crippen MR) is 116 cm³/mol. The van der Waals surface area contributed by atoms with E-state index in [4.69, 9.17) is 22.3 Å². The van der Waals surface area contributed by atoms with Gasteiger partial charge >= 0.3 is 6.09 Å². The van der Waals surface area contributed by atoms with E-state index in [1.165, 1.54) is 4.90 Å². The van der Waals surface area contributed by atoms with Crippen LogP contribution < -0.4 is 5.73 Å². The van der Waals surface area contributed by atoms with Crippen LogP contribution in [0.3, 0.4) is 0 Å². The minimum atomic E-state index is -0.948. The van der Waals surface area contributed by atoms with Gasteiger partial charge in [0.05, 0.1) is 10.5 Å². The van der Waals surface area contributed by atoms with E-state index in [2.05, 4.69) is 0 Å². The van der Waals surface area contributed by atoms with Gasteiger partial charge in [0, 0.05) is 42.3 Å². The Kier molecular flexibility index (Phi) is 5.84. The topological polar surface area (TPSA) is 99.8 Å². The summed E-state index contributed by atoms with van der Waals surface area (Å²) >= 11 is 6.71. The fourth-order valence-corrected chi connectivity index (χ4v) is 5.04. The van der Waals surface area contributed by atoms with Crippen molar-refractivity contribution in [3.8, 4) is 0 Å². The monoisotopic (exact) mass is 430 g/mol. The van der Waals surface area contributed by atoms with E-state index in [0.717, 1.165) is 52.9 Å². The van der Waals surface area contributed by atoms with Crippen LogP contribution in [0, 0.1) is 5.92 Å². The van der Waals surface area contributed by atoms with Crippen molar-refractivity contribution in [2.24, 2.45) is 11.7 Å². The van der Waals surface area contributed by atoms with Crippen LogP contribution in [0.5, 0.6) is 0 Å². The number of nitrogens with zero attached hydrogens (tertiary/aromatic N) is 3. The second-order valence-corrected chi connectivity index (χ2v) is 8.72. The van der Waals surface area contributed by atoms with Crippen molar-refractivity contribution in [2.45, 2.75) is 38.6 Å². The molecule has 2 aliphatic rings. The number of aromatic nitrogens is 1. The zero-order valence-electron chi connectivity index (χ0n) is 17.1. The van der Waals surface area contributed by atoms with E-state index in [1.54, 1.807) is 11.0 Å². The van der Waals surface area contributed by atoms with Crippen molar-refractivity contribution < 1.29 is 14.7 Å². The number of hydrogen-bond donors (Lipinski definition) is 2. The Balaban J connectivity index is 1.62. The Hall–Kier alpha value is -2.38. The second kappa shape index (κ2) is 8.40. The molecule has 1 aromatic heterocycles. The summed E-state index contributed by atoms with van der Waals surface area (Å²) in [6.45, 7) is 3.56. The van der Waals surface area contributed by atoms with E-state index in [-0.39, 0.29) is 11.9 Å². The van der Waals surface area contributed by atoms with Crippen LogP contribution in [-0.4, -0.2) is 64.1 Å². The summed E-state index contributed by atoms with van der Waals surface area (Å²) in [7, 11) is 0. The third-order valence-electron chi connectivity index (χ3n) is 6.37. The van der Waals surface area contributed by atoms with Crippen LogP contribution in [0.2, 0.25) is 5.02 Å². The van der Waals surface area contributed by atoms with E-state index in [1.807, 2.05) is 19.1 Å². The third kappa shape index (κ3) is 3.84. The molecule has 1 fully saturated rings. The molecule has 160 valence electrons. The lowest BCUT2D eigenvalue weighted by Crippen LogP contribution is -2.55. The van der Waals surface area contributed by atoms with Crippen LogP contribution in [0.1, 0.15) is 41.4 Å².